The molecule has 54 heavy (non-hydrogen) atoms. The number of ether oxygens (including phenoxy) is 2. The van der Waals surface area contributed by atoms with Crippen LogP contribution in [0.5, 0.6) is 23.0 Å². The van der Waals surface area contributed by atoms with Crippen LogP contribution in [0, 0.1) is 0 Å². The number of rotatable bonds is 3. The van der Waals surface area contributed by atoms with E-state index in [1.54, 1.807) is 0 Å². The van der Waals surface area contributed by atoms with Gasteiger partial charge in [0.05, 0.1) is 27.9 Å². The van der Waals surface area contributed by atoms with E-state index in [0.29, 0.717) is 5.82 Å². The molecule has 2 aromatic heterocycles. The zero-order chi connectivity index (χ0) is 35.3. The van der Waals surface area contributed by atoms with Crippen molar-refractivity contribution in [2.45, 2.75) is 0 Å². The Labute approximate surface area is 309 Å². The first kappa shape index (κ1) is 29.2. The molecule has 0 fully saturated rings. The molecule has 252 valence electrons. The molecular formula is C48H28N4O2. The van der Waals surface area contributed by atoms with E-state index >= 15 is 0 Å². The van der Waals surface area contributed by atoms with Crippen LogP contribution in [0.1, 0.15) is 0 Å². The topological polar surface area (TPSA) is 52.4 Å². The molecule has 0 radical (unpaired) electrons. The van der Waals surface area contributed by atoms with Crippen LogP contribution in [0.15, 0.2) is 170 Å². The predicted octanol–water partition coefficient (Wildman–Crippen LogP) is 12.9. The first-order valence-electron chi connectivity index (χ1n) is 18.1. The van der Waals surface area contributed by atoms with E-state index in [9.17, 15) is 0 Å². The lowest BCUT2D eigenvalue weighted by Crippen LogP contribution is -2.20. The van der Waals surface area contributed by atoms with Gasteiger partial charge in [0, 0.05) is 21.7 Å². The normalized spacial score (nSPS) is 12.7. The number of anilines is 3. The summed E-state index contributed by atoms with van der Waals surface area (Å²) in [7, 11) is 0. The minimum atomic E-state index is 0.692. The summed E-state index contributed by atoms with van der Waals surface area (Å²) in [5.41, 5.74) is 8.97. The lowest BCUT2D eigenvalue weighted by molar-refractivity contribution is 0.446. The van der Waals surface area contributed by atoms with Crippen LogP contribution < -0.4 is 14.4 Å². The van der Waals surface area contributed by atoms with Gasteiger partial charge in [0.1, 0.15) is 11.5 Å². The second kappa shape index (κ2) is 11.0. The molecule has 4 heterocycles. The Kier molecular flexibility index (Phi) is 5.96. The molecule has 0 N–H and O–H groups in total. The van der Waals surface area contributed by atoms with Gasteiger partial charge in [0.25, 0.3) is 0 Å². The Balaban J connectivity index is 1.12. The molecule has 0 spiro atoms. The quantitative estimate of drug-likeness (QED) is 0.184. The Hall–Kier alpha value is -7.44. The number of para-hydroxylation sites is 5. The SMILES string of the molecule is c1ccc(-c2nc(-n3c4ccc(-c5cc6c7c(c5)Oc5ccccc5N7c5ccccc5O6)cc4c4c5ccccc5ccc43)c3ccccc3n2)cc1. The molecule has 0 saturated carbocycles. The standard InChI is InChI=1S/C48H28N4O2/c1-2-13-30(14-3-1)47-49-36-17-7-6-16-34(36)48(50-47)52-37-24-23-31(26-35(37)45-33-15-5-4-12-29(33)22-25-40(45)52)32-27-43-46-44(28-32)54-42-21-11-9-19-39(42)51(46)38-18-8-10-20-41(38)53-43/h1-28H. The molecule has 0 amide bonds. The third-order valence-corrected chi connectivity index (χ3v) is 10.7. The van der Waals surface area contributed by atoms with E-state index in [0.717, 1.165) is 89.9 Å². The van der Waals surface area contributed by atoms with Gasteiger partial charge >= 0.3 is 0 Å². The van der Waals surface area contributed by atoms with Gasteiger partial charge in [-0.15, -0.1) is 0 Å². The zero-order valence-electron chi connectivity index (χ0n) is 28.8. The molecule has 0 aliphatic carbocycles. The molecule has 8 aromatic carbocycles. The zero-order valence-corrected chi connectivity index (χ0v) is 28.8. The maximum atomic E-state index is 6.63. The highest BCUT2D eigenvalue weighted by atomic mass is 16.5. The summed E-state index contributed by atoms with van der Waals surface area (Å²) in [6.07, 6.45) is 0. The van der Waals surface area contributed by atoms with Gasteiger partial charge in [-0.05, 0) is 88.6 Å². The molecule has 2 aliphatic rings. The van der Waals surface area contributed by atoms with Crippen LogP contribution in [-0.2, 0) is 0 Å². The third kappa shape index (κ3) is 4.16. The predicted molar refractivity (Wildman–Crippen MR) is 217 cm³/mol. The van der Waals surface area contributed by atoms with Gasteiger partial charge in [0.15, 0.2) is 28.8 Å². The first-order chi connectivity index (χ1) is 26.8. The van der Waals surface area contributed by atoms with E-state index in [4.69, 9.17) is 19.4 Å². The average molecular weight is 693 g/mol. The van der Waals surface area contributed by atoms with E-state index in [1.165, 1.54) is 16.2 Å². The molecule has 6 heteroatoms. The maximum absolute atomic E-state index is 6.63. The van der Waals surface area contributed by atoms with Crippen molar-refractivity contribution >= 4 is 60.5 Å². The Morgan fingerprint density at radius 3 is 1.85 bits per heavy atom. The van der Waals surface area contributed by atoms with Crippen molar-refractivity contribution in [1.29, 1.82) is 0 Å². The van der Waals surface area contributed by atoms with Crippen molar-refractivity contribution in [1.82, 2.24) is 14.5 Å². The second-order valence-electron chi connectivity index (χ2n) is 13.8. The summed E-state index contributed by atoms with van der Waals surface area (Å²) in [5, 5.41) is 5.67. The summed E-state index contributed by atoms with van der Waals surface area (Å²) in [6, 6.07) is 58.9. The van der Waals surface area contributed by atoms with Gasteiger partial charge < -0.3 is 9.47 Å². The highest BCUT2D eigenvalue weighted by molar-refractivity contribution is 6.22. The van der Waals surface area contributed by atoms with Crippen LogP contribution in [0.4, 0.5) is 17.1 Å². The number of hydrogen-bond donors (Lipinski definition) is 0. The maximum Gasteiger partial charge on any atom is 0.162 e. The van der Waals surface area contributed by atoms with Gasteiger partial charge in [-0.2, -0.15) is 0 Å². The summed E-state index contributed by atoms with van der Waals surface area (Å²) in [4.78, 5) is 12.6. The Morgan fingerprint density at radius 2 is 1.07 bits per heavy atom. The summed E-state index contributed by atoms with van der Waals surface area (Å²) in [6.45, 7) is 0. The summed E-state index contributed by atoms with van der Waals surface area (Å²) < 4.78 is 15.6. The largest absolute Gasteiger partial charge is 0.453 e. The fourth-order valence-corrected chi connectivity index (χ4v) is 8.33. The number of fused-ring (bicyclic) bond motifs is 10. The molecule has 2 aliphatic heterocycles. The van der Waals surface area contributed by atoms with Gasteiger partial charge in [0.2, 0.25) is 0 Å². The summed E-state index contributed by atoms with van der Waals surface area (Å²) >= 11 is 0. The van der Waals surface area contributed by atoms with Crippen molar-refractivity contribution in [3.8, 4) is 51.3 Å². The van der Waals surface area contributed by atoms with Crippen molar-refractivity contribution < 1.29 is 9.47 Å². The van der Waals surface area contributed by atoms with E-state index < -0.39 is 0 Å². The van der Waals surface area contributed by atoms with Crippen molar-refractivity contribution in [2.24, 2.45) is 0 Å². The number of aromatic nitrogens is 3. The fourth-order valence-electron chi connectivity index (χ4n) is 8.33. The van der Waals surface area contributed by atoms with Crippen molar-refractivity contribution in [3.63, 3.8) is 0 Å². The lowest BCUT2D eigenvalue weighted by atomic mass is 9.98. The van der Waals surface area contributed by atoms with Gasteiger partial charge in [-0.3, -0.25) is 9.47 Å². The molecule has 0 atom stereocenters. The van der Waals surface area contributed by atoms with Gasteiger partial charge in [-0.1, -0.05) is 103 Å². The molecular weight excluding hydrogens is 665 g/mol. The van der Waals surface area contributed by atoms with Crippen LogP contribution in [0.25, 0.3) is 71.8 Å². The van der Waals surface area contributed by atoms with E-state index in [2.05, 4.69) is 119 Å². The van der Waals surface area contributed by atoms with Crippen molar-refractivity contribution in [2.75, 3.05) is 4.90 Å². The molecule has 10 aromatic rings. The summed E-state index contributed by atoms with van der Waals surface area (Å²) in [5.74, 6) is 4.66. The Bertz CT molecular complexity index is 3120. The number of nitrogens with zero attached hydrogens (tertiary/aromatic N) is 4. The van der Waals surface area contributed by atoms with Gasteiger partial charge in [-0.25, -0.2) is 9.97 Å². The highest BCUT2D eigenvalue weighted by Gasteiger charge is 2.35. The third-order valence-electron chi connectivity index (χ3n) is 10.7. The minimum Gasteiger partial charge on any atom is -0.453 e. The first-order valence-corrected chi connectivity index (χ1v) is 18.1. The monoisotopic (exact) mass is 692 g/mol. The molecule has 0 bridgehead atoms. The molecule has 0 unspecified atom stereocenters. The molecule has 6 nitrogen and oxygen atoms in total. The molecule has 0 saturated heterocycles. The van der Waals surface area contributed by atoms with Crippen LogP contribution in [0.2, 0.25) is 0 Å². The minimum absolute atomic E-state index is 0.692. The van der Waals surface area contributed by atoms with Crippen LogP contribution in [0.3, 0.4) is 0 Å². The second-order valence-corrected chi connectivity index (χ2v) is 13.8. The fraction of sp³-hybridized carbons (Fsp3) is 0. The number of benzene rings is 8. The lowest BCUT2D eigenvalue weighted by Gasteiger charge is -2.38. The van der Waals surface area contributed by atoms with Crippen LogP contribution in [-0.4, -0.2) is 14.5 Å². The smallest absolute Gasteiger partial charge is 0.162 e. The van der Waals surface area contributed by atoms with Crippen LogP contribution >= 0.6 is 0 Å². The highest BCUT2D eigenvalue weighted by Crippen LogP contribution is 2.60. The number of hydrogen-bond acceptors (Lipinski definition) is 5. The van der Waals surface area contributed by atoms with Crippen molar-refractivity contribution in [3.05, 3.63) is 170 Å². The average Bonchev–Trinajstić information content (AvgIpc) is 3.57. The van der Waals surface area contributed by atoms with E-state index in [-0.39, 0.29) is 0 Å². The molecule has 12 rings (SSSR count). The van der Waals surface area contributed by atoms with E-state index in [1.807, 2.05) is 60.7 Å². The Morgan fingerprint density at radius 1 is 0.426 bits per heavy atom.